The molecule has 0 aliphatic heterocycles. The molecule has 0 heteroatoms. The SMILES string of the molecule is C#CC1CC(=C)Cc2ccccc21. The Hall–Kier alpha value is -1.48. The lowest BCUT2D eigenvalue weighted by Gasteiger charge is -2.22. The van der Waals surface area contributed by atoms with Crippen LogP contribution >= 0.6 is 0 Å². The Morgan fingerprint density at radius 3 is 2.92 bits per heavy atom. The van der Waals surface area contributed by atoms with E-state index < -0.39 is 0 Å². The zero-order valence-electron chi connectivity index (χ0n) is 7.59. The van der Waals surface area contributed by atoms with E-state index in [1.165, 1.54) is 16.7 Å². The summed E-state index contributed by atoms with van der Waals surface area (Å²) in [6, 6.07) is 8.39. The summed E-state index contributed by atoms with van der Waals surface area (Å²) in [5, 5.41) is 0. The smallest absolute Gasteiger partial charge is 0.0489 e. The number of hydrogen-bond donors (Lipinski definition) is 0. The van der Waals surface area contributed by atoms with Crippen molar-refractivity contribution in [2.45, 2.75) is 18.8 Å². The predicted molar refractivity (Wildman–Crippen MR) is 55.5 cm³/mol. The Bertz CT molecular complexity index is 379. The summed E-state index contributed by atoms with van der Waals surface area (Å²) in [4.78, 5) is 0. The lowest BCUT2D eigenvalue weighted by molar-refractivity contribution is 0.774. The molecule has 0 fully saturated rings. The fraction of sp³-hybridized carbons (Fsp3) is 0.231. The van der Waals surface area contributed by atoms with Crippen molar-refractivity contribution < 1.29 is 0 Å². The summed E-state index contributed by atoms with van der Waals surface area (Å²) in [5.74, 6) is 3.08. The van der Waals surface area contributed by atoms with Crippen LogP contribution in [0.1, 0.15) is 23.5 Å². The molecule has 1 aliphatic rings. The fourth-order valence-electron chi connectivity index (χ4n) is 1.92. The zero-order valence-corrected chi connectivity index (χ0v) is 7.59. The van der Waals surface area contributed by atoms with E-state index in [1.807, 2.05) is 0 Å². The van der Waals surface area contributed by atoms with Crippen LogP contribution in [0.15, 0.2) is 36.4 Å². The highest BCUT2D eigenvalue weighted by Gasteiger charge is 2.19. The number of rotatable bonds is 0. The standard InChI is InChI=1S/C13H12/c1-3-11-8-10(2)9-12-6-4-5-7-13(11)12/h1,4-7,11H,2,8-9H2. The normalized spacial score (nSPS) is 20.5. The maximum absolute atomic E-state index is 5.49. The highest BCUT2D eigenvalue weighted by Crippen LogP contribution is 2.32. The fourth-order valence-corrected chi connectivity index (χ4v) is 1.92. The summed E-state index contributed by atoms with van der Waals surface area (Å²) in [6.07, 6.45) is 7.44. The Kier molecular flexibility index (Phi) is 1.94. The lowest BCUT2D eigenvalue weighted by atomic mass is 9.81. The van der Waals surface area contributed by atoms with Gasteiger partial charge in [-0.1, -0.05) is 42.3 Å². The van der Waals surface area contributed by atoms with Crippen LogP contribution < -0.4 is 0 Å². The number of allylic oxidation sites excluding steroid dienone is 1. The van der Waals surface area contributed by atoms with Crippen LogP contribution in [0.5, 0.6) is 0 Å². The minimum Gasteiger partial charge on any atom is -0.119 e. The minimum atomic E-state index is 0.248. The van der Waals surface area contributed by atoms with Gasteiger partial charge in [-0.2, -0.15) is 0 Å². The first-order valence-corrected chi connectivity index (χ1v) is 4.52. The minimum absolute atomic E-state index is 0.248. The van der Waals surface area contributed by atoms with Crippen LogP contribution in [0.4, 0.5) is 0 Å². The van der Waals surface area contributed by atoms with Gasteiger partial charge < -0.3 is 0 Å². The van der Waals surface area contributed by atoms with E-state index >= 15 is 0 Å². The van der Waals surface area contributed by atoms with Crippen molar-refractivity contribution >= 4 is 0 Å². The van der Waals surface area contributed by atoms with Gasteiger partial charge in [-0.15, -0.1) is 6.42 Å². The molecular weight excluding hydrogens is 156 g/mol. The van der Waals surface area contributed by atoms with Gasteiger partial charge in [0, 0.05) is 5.92 Å². The molecule has 0 radical (unpaired) electrons. The Balaban J connectivity index is 2.50. The second kappa shape index (κ2) is 3.11. The van der Waals surface area contributed by atoms with E-state index in [9.17, 15) is 0 Å². The maximum Gasteiger partial charge on any atom is 0.0489 e. The van der Waals surface area contributed by atoms with Crippen LogP contribution in [0.25, 0.3) is 0 Å². The van der Waals surface area contributed by atoms with Gasteiger partial charge >= 0.3 is 0 Å². The second-order valence-corrected chi connectivity index (χ2v) is 3.55. The predicted octanol–water partition coefficient (Wildman–Crippen LogP) is 2.91. The van der Waals surface area contributed by atoms with Gasteiger partial charge in [0.25, 0.3) is 0 Å². The molecule has 0 amide bonds. The highest BCUT2D eigenvalue weighted by molar-refractivity contribution is 5.41. The Labute approximate surface area is 79.3 Å². The third kappa shape index (κ3) is 1.38. The van der Waals surface area contributed by atoms with Gasteiger partial charge in [0.2, 0.25) is 0 Å². The average Bonchev–Trinajstić information content (AvgIpc) is 2.16. The summed E-state index contributed by atoms with van der Waals surface area (Å²) in [7, 11) is 0. The molecule has 0 saturated carbocycles. The van der Waals surface area contributed by atoms with Crippen LogP contribution in [-0.4, -0.2) is 0 Å². The van der Waals surface area contributed by atoms with Crippen molar-refractivity contribution in [3.63, 3.8) is 0 Å². The van der Waals surface area contributed by atoms with E-state index in [0.717, 1.165) is 12.8 Å². The molecule has 0 bridgehead atoms. The highest BCUT2D eigenvalue weighted by atomic mass is 14.2. The van der Waals surface area contributed by atoms with Gasteiger partial charge in [0.05, 0.1) is 0 Å². The van der Waals surface area contributed by atoms with Crippen molar-refractivity contribution in [3.05, 3.63) is 47.5 Å². The van der Waals surface area contributed by atoms with E-state index in [0.29, 0.717) is 0 Å². The van der Waals surface area contributed by atoms with Gasteiger partial charge in [0.15, 0.2) is 0 Å². The van der Waals surface area contributed by atoms with E-state index in [2.05, 4.69) is 36.8 Å². The summed E-state index contributed by atoms with van der Waals surface area (Å²) < 4.78 is 0. The molecule has 0 saturated heterocycles. The second-order valence-electron chi connectivity index (χ2n) is 3.55. The number of terminal acetylenes is 1. The molecule has 0 heterocycles. The van der Waals surface area contributed by atoms with Gasteiger partial charge in [0.1, 0.15) is 0 Å². The zero-order chi connectivity index (χ0) is 9.26. The topological polar surface area (TPSA) is 0 Å². The van der Waals surface area contributed by atoms with Crippen LogP contribution in [0.2, 0.25) is 0 Å². The van der Waals surface area contributed by atoms with Crippen LogP contribution in [0.3, 0.4) is 0 Å². The van der Waals surface area contributed by atoms with Gasteiger partial charge in [-0.25, -0.2) is 0 Å². The summed E-state index contributed by atoms with van der Waals surface area (Å²) in [5.41, 5.74) is 3.92. The van der Waals surface area contributed by atoms with Gasteiger partial charge in [-0.3, -0.25) is 0 Å². The molecule has 0 N–H and O–H groups in total. The number of fused-ring (bicyclic) bond motifs is 1. The molecule has 1 unspecified atom stereocenters. The Morgan fingerprint density at radius 1 is 1.38 bits per heavy atom. The first-order chi connectivity index (χ1) is 6.31. The molecule has 0 nitrogen and oxygen atoms in total. The maximum atomic E-state index is 5.49. The largest absolute Gasteiger partial charge is 0.119 e. The first-order valence-electron chi connectivity index (χ1n) is 4.52. The lowest BCUT2D eigenvalue weighted by Crippen LogP contribution is -2.09. The quantitative estimate of drug-likeness (QED) is 0.413. The van der Waals surface area contributed by atoms with Crippen LogP contribution in [-0.2, 0) is 6.42 Å². The van der Waals surface area contributed by atoms with Crippen molar-refractivity contribution in [2.24, 2.45) is 0 Å². The van der Waals surface area contributed by atoms with E-state index in [1.54, 1.807) is 0 Å². The molecule has 1 aliphatic carbocycles. The third-order valence-corrected chi connectivity index (χ3v) is 2.56. The molecule has 13 heavy (non-hydrogen) atoms. The van der Waals surface area contributed by atoms with Gasteiger partial charge in [-0.05, 0) is 24.0 Å². The Morgan fingerprint density at radius 2 is 2.15 bits per heavy atom. The van der Waals surface area contributed by atoms with Crippen LogP contribution in [0, 0.1) is 12.3 Å². The van der Waals surface area contributed by atoms with Crippen molar-refractivity contribution in [3.8, 4) is 12.3 Å². The summed E-state index contributed by atoms with van der Waals surface area (Å²) in [6.45, 7) is 4.02. The molecule has 1 aromatic rings. The molecule has 1 atom stereocenters. The monoisotopic (exact) mass is 168 g/mol. The first kappa shape index (κ1) is 8.13. The van der Waals surface area contributed by atoms with E-state index in [-0.39, 0.29) is 5.92 Å². The molecule has 0 spiro atoms. The van der Waals surface area contributed by atoms with Crippen molar-refractivity contribution in [2.75, 3.05) is 0 Å². The molecule has 2 rings (SSSR count). The van der Waals surface area contributed by atoms with Crippen molar-refractivity contribution in [1.82, 2.24) is 0 Å². The molecule has 64 valence electrons. The molecule has 0 aromatic heterocycles. The summed E-state index contributed by atoms with van der Waals surface area (Å²) >= 11 is 0. The van der Waals surface area contributed by atoms with E-state index in [4.69, 9.17) is 6.42 Å². The molecule has 1 aromatic carbocycles. The number of benzene rings is 1. The average molecular weight is 168 g/mol. The van der Waals surface area contributed by atoms with Crippen molar-refractivity contribution in [1.29, 1.82) is 0 Å². The number of hydrogen-bond acceptors (Lipinski definition) is 0. The third-order valence-electron chi connectivity index (χ3n) is 2.56. The molecular formula is C13H12.